The predicted octanol–water partition coefficient (Wildman–Crippen LogP) is 2.85. The molecule has 3 aromatic heterocycles. The number of nitrogens with zero attached hydrogens (tertiary/aromatic N) is 5. The molecule has 4 rings (SSSR count). The molecule has 1 aromatic carbocycles. The molecule has 0 fully saturated rings. The highest BCUT2D eigenvalue weighted by Crippen LogP contribution is 2.22. The largest absolute Gasteiger partial charge is 0.508 e. The van der Waals surface area contributed by atoms with Gasteiger partial charge in [0.25, 0.3) is 5.91 Å². The van der Waals surface area contributed by atoms with Crippen LogP contribution < -0.4 is 10.2 Å². The molecule has 0 bridgehead atoms. The Hall–Kier alpha value is -3.94. The van der Waals surface area contributed by atoms with E-state index in [1.807, 2.05) is 30.1 Å². The molecule has 0 aliphatic rings. The van der Waals surface area contributed by atoms with Crippen LogP contribution in [-0.4, -0.2) is 37.6 Å². The van der Waals surface area contributed by atoms with E-state index in [9.17, 15) is 9.90 Å². The Kier molecular flexibility index (Phi) is 4.13. The number of hydrogen-bond acceptors (Lipinski definition) is 6. The van der Waals surface area contributed by atoms with Crippen molar-refractivity contribution >= 4 is 28.7 Å². The second-order valence-corrected chi connectivity index (χ2v) is 5.89. The quantitative estimate of drug-likeness (QED) is 0.581. The van der Waals surface area contributed by atoms with Gasteiger partial charge in [0.15, 0.2) is 5.65 Å². The maximum atomic E-state index is 12.6. The topological polar surface area (TPSA) is 95.7 Å². The van der Waals surface area contributed by atoms with E-state index in [4.69, 9.17) is 0 Å². The summed E-state index contributed by atoms with van der Waals surface area (Å²) in [5.41, 5.74) is 2.13. The number of benzene rings is 1. The van der Waals surface area contributed by atoms with Crippen molar-refractivity contribution in [1.82, 2.24) is 19.6 Å². The Balaban J connectivity index is 1.67. The number of phenolic OH excluding ortho intramolecular Hbond substituents is 1. The van der Waals surface area contributed by atoms with Gasteiger partial charge in [-0.25, -0.2) is 9.50 Å². The first kappa shape index (κ1) is 16.5. The molecular weight excluding hydrogens is 344 g/mol. The number of aromatic nitrogens is 4. The molecule has 0 aliphatic heterocycles. The summed E-state index contributed by atoms with van der Waals surface area (Å²) >= 11 is 0. The van der Waals surface area contributed by atoms with Crippen molar-refractivity contribution < 1.29 is 9.90 Å². The number of phenols is 1. The summed E-state index contributed by atoms with van der Waals surface area (Å²) in [4.78, 5) is 23.2. The second kappa shape index (κ2) is 6.75. The molecule has 8 heteroatoms. The lowest BCUT2D eigenvalue weighted by molar-refractivity contribution is 0.102. The van der Waals surface area contributed by atoms with E-state index in [-0.39, 0.29) is 11.7 Å². The molecule has 3 heterocycles. The zero-order valence-electron chi connectivity index (χ0n) is 14.4. The molecule has 0 unspecified atom stereocenters. The fourth-order valence-corrected chi connectivity index (χ4v) is 2.67. The van der Waals surface area contributed by atoms with Crippen LogP contribution in [0.1, 0.15) is 10.4 Å². The third-order valence-corrected chi connectivity index (χ3v) is 4.08. The summed E-state index contributed by atoms with van der Waals surface area (Å²) in [5, 5.41) is 16.5. The maximum Gasteiger partial charge on any atom is 0.261 e. The SMILES string of the molecule is CN(c1cccnc1)c1ccn2ncc(C(=O)Nc3cccc(O)c3)c2n1. The van der Waals surface area contributed by atoms with Crippen LogP contribution in [0.2, 0.25) is 0 Å². The Bertz CT molecular complexity index is 1110. The lowest BCUT2D eigenvalue weighted by atomic mass is 10.2. The van der Waals surface area contributed by atoms with Gasteiger partial charge in [0.1, 0.15) is 17.1 Å². The van der Waals surface area contributed by atoms with Gasteiger partial charge in [-0.15, -0.1) is 0 Å². The molecule has 8 nitrogen and oxygen atoms in total. The van der Waals surface area contributed by atoms with Gasteiger partial charge in [-0.05, 0) is 30.3 Å². The molecule has 134 valence electrons. The van der Waals surface area contributed by atoms with Crippen LogP contribution in [0.15, 0.2) is 67.3 Å². The fraction of sp³-hybridized carbons (Fsp3) is 0.0526. The number of pyridine rings is 1. The number of carbonyl (C=O) groups is 1. The lowest BCUT2D eigenvalue weighted by Gasteiger charge is -2.17. The Morgan fingerprint density at radius 2 is 2.07 bits per heavy atom. The summed E-state index contributed by atoms with van der Waals surface area (Å²) in [5.74, 6) is 0.373. The summed E-state index contributed by atoms with van der Waals surface area (Å²) in [6.45, 7) is 0. The molecule has 0 spiro atoms. The van der Waals surface area contributed by atoms with E-state index in [1.165, 1.54) is 22.8 Å². The predicted molar refractivity (Wildman–Crippen MR) is 101 cm³/mol. The van der Waals surface area contributed by atoms with E-state index in [2.05, 4.69) is 20.4 Å². The molecule has 0 atom stereocenters. The average molecular weight is 360 g/mol. The third kappa shape index (κ3) is 3.28. The third-order valence-electron chi connectivity index (χ3n) is 4.08. The van der Waals surface area contributed by atoms with Crippen molar-refractivity contribution in [2.45, 2.75) is 0 Å². The summed E-state index contributed by atoms with van der Waals surface area (Å²) in [6.07, 6.45) is 6.65. The molecule has 0 radical (unpaired) electrons. The number of nitrogens with one attached hydrogen (secondary N) is 1. The van der Waals surface area contributed by atoms with Crippen molar-refractivity contribution in [2.24, 2.45) is 0 Å². The maximum absolute atomic E-state index is 12.6. The summed E-state index contributed by atoms with van der Waals surface area (Å²) < 4.78 is 1.54. The zero-order valence-corrected chi connectivity index (χ0v) is 14.4. The van der Waals surface area contributed by atoms with E-state index in [0.29, 0.717) is 22.7 Å². The lowest BCUT2D eigenvalue weighted by Crippen LogP contribution is -2.14. The number of hydrogen-bond donors (Lipinski definition) is 2. The number of carbonyl (C=O) groups excluding carboxylic acids is 1. The van der Waals surface area contributed by atoms with Crippen molar-refractivity contribution in [3.8, 4) is 5.75 Å². The van der Waals surface area contributed by atoms with E-state index in [0.717, 1.165) is 5.69 Å². The van der Waals surface area contributed by atoms with Gasteiger partial charge in [0.05, 0.1) is 18.1 Å². The van der Waals surface area contributed by atoms with Crippen molar-refractivity contribution in [3.63, 3.8) is 0 Å². The van der Waals surface area contributed by atoms with E-state index in [1.54, 1.807) is 30.7 Å². The normalized spacial score (nSPS) is 10.7. The Morgan fingerprint density at radius 3 is 2.85 bits per heavy atom. The van der Waals surface area contributed by atoms with E-state index >= 15 is 0 Å². The minimum Gasteiger partial charge on any atom is -0.508 e. The minimum absolute atomic E-state index is 0.0752. The van der Waals surface area contributed by atoms with Crippen LogP contribution in [0, 0.1) is 0 Å². The van der Waals surface area contributed by atoms with Gasteiger partial charge < -0.3 is 15.3 Å². The van der Waals surface area contributed by atoms with Crippen molar-refractivity contribution in [2.75, 3.05) is 17.3 Å². The highest BCUT2D eigenvalue weighted by molar-refractivity contribution is 6.08. The smallest absolute Gasteiger partial charge is 0.261 e. The van der Waals surface area contributed by atoms with Crippen LogP contribution in [-0.2, 0) is 0 Å². The van der Waals surface area contributed by atoms with Gasteiger partial charge in [0, 0.05) is 31.2 Å². The number of fused-ring (bicyclic) bond motifs is 1. The van der Waals surface area contributed by atoms with E-state index < -0.39 is 0 Å². The first-order chi connectivity index (χ1) is 13.1. The molecule has 0 aliphatic carbocycles. The molecular formula is C19H16N6O2. The number of rotatable bonds is 4. The highest BCUT2D eigenvalue weighted by Gasteiger charge is 2.16. The Labute approximate surface area is 154 Å². The van der Waals surface area contributed by atoms with Gasteiger partial charge >= 0.3 is 0 Å². The van der Waals surface area contributed by atoms with Crippen LogP contribution in [0.3, 0.4) is 0 Å². The molecule has 1 amide bonds. The van der Waals surface area contributed by atoms with Crippen LogP contribution in [0.4, 0.5) is 17.2 Å². The number of amides is 1. The summed E-state index contributed by atoms with van der Waals surface area (Å²) in [7, 11) is 1.87. The van der Waals surface area contributed by atoms with Gasteiger partial charge in [0.2, 0.25) is 0 Å². The molecule has 4 aromatic rings. The molecule has 27 heavy (non-hydrogen) atoms. The second-order valence-electron chi connectivity index (χ2n) is 5.89. The molecule has 2 N–H and O–H groups in total. The number of anilines is 3. The molecule has 0 saturated heterocycles. The Morgan fingerprint density at radius 1 is 1.19 bits per heavy atom. The van der Waals surface area contributed by atoms with Crippen LogP contribution in [0.5, 0.6) is 5.75 Å². The standard InChI is InChI=1S/C19H16N6O2/c1-24(14-5-3-8-20-11-14)17-7-9-25-18(23-17)16(12-21-25)19(27)22-13-4-2-6-15(26)10-13/h2-12,26H,1H3,(H,22,27). The highest BCUT2D eigenvalue weighted by atomic mass is 16.3. The van der Waals surface area contributed by atoms with Gasteiger partial charge in [-0.1, -0.05) is 6.07 Å². The van der Waals surface area contributed by atoms with Gasteiger partial charge in [-0.3, -0.25) is 9.78 Å². The minimum atomic E-state index is -0.357. The van der Waals surface area contributed by atoms with Crippen molar-refractivity contribution in [3.05, 3.63) is 72.8 Å². The average Bonchev–Trinajstić information content (AvgIpc) is 3.11. The van der Waals surface area contributed by atoms with Crippen LogP contribution in [0.25, 0.3) is 5.65 Å². The first-order valence-electron chi connectivity index (χ1n) is 8.20. The molecule has 0 saturated carbocycles. The zero-order chi connectivity index (χ0) is 18.8. The first-order valence-corrected chi connectivity index (χ1v) is 8.20. The van der Waals surface area contributed by atoms with Gasteiger partial charge in [-0.2, -0.15) is 5.10 Å². The number of aromatic hydroxyl groups is 1. The summed E-state index contributed by atoms with van der Waals surface area (Å²) in [6, 6.07) is 11.9. The van der Waals surface area contributed by atoms with Crippen molar-refractivity contribution in [1.29, 1.82) is 0 Å². The van der Waals surface area contributed by atoms with Crippen LogP contribution >= 0.6 is 0 Å². The monoisotopic (exact) mass is 360 g/mol. The fourth-order valence-electron chi connectivity index (χ4n) is 2.67.